The molecular formula is C14H12ClNO3. The Bertz CT molecular complexity index is 654. The van der Waals surface area contributed by atoms with Gasteiger partial charge in [-0.25, -0.2) is 0 Å². The normalized spacial score (nSPS) is 12.3. The van der Waals surface area contributed by atoms with Crippen LogP contribution in [-0.4, -0.2) is 21.8 Å². The topological polar surface area (TPSA) is 67.3 Å². The molecule has 1 N–H and O–H groups in total. The summed E-state index contributed by atoms with van der Waals surface area (Å²) >= 11 is 6.05. The van der Waals surface area contributed by atoms with Gasteiger partial charge in [0.1, 0.15) is 0 Å². The number of carboxylic acid groups (broad SMARTS) is 1. The molecule has 0 aliphatic carbocycles. The van der Waals surface area contributed by atoms with Crippen molar-refractivity contribution >= 4 is 34.3 Å². The molecule has 0 fully saturated rings. The Labute approximate surface area is 115 Å². The fraction of sp³-hybridized carbons (Fsp3) is 0.214. The molecular weight excluding hydrogens is 266 g/mol. The summed E-state index contributed by atoms with van der Waals surface area (Å²) in [6.45, 7) is 1.60. The molecule has 5 heteroatoms. The van der Waals surface area contributed by atoms with Gasteiger partial charge in [-0.2, -0.15) is 0 Å². The van der Waals surface area contributed by atoms with E-state index in [4.69, 9.17) is 16.7 Å². The number of aliphatic carboxylic acids is 1. The van der Waals surface area contributed by atoms with E-state index >= 15 is 0 Å². The number of benzene rings is 1. The number of halogens is 1. The van der Waals surface area contributed by atoms with Crippen LogP contribution in [0, 0.1) is 5.92 Å². The van der Waals surface area contributed by atoms with E-state index in [1.807, 2.05) is 0 Å². The van der Waals surface area contributed by atoms with Crippen molar-refractivity contribution in [3.05, 3.63) is 41.0 Å². The molecule has 1 atom stereocenters. The summed E-state index contributed by atoms with van der Waals surface area (Å²) < 4.78 is 0. The molecule has 2 aromatic rings. The number of rotatable bonds is 4. The summed E-state index contributed by atoms with van der Waals surface area (Å²) in [7, 11) is 0. The number of aromatic nitrogens is 1. The minimum absolute atomic E-state index is 0.199. The van der Waals surface area contributed by atoms with Gasteiger partial charge in [0, 0.05) is 23.1 Å². The molecule has 0 amide bonds. The molecule has 1 aromatic carbocycles. The van der Waals surface area contributed by atoms with Crippen molar-refractivity contribution in [3.8, 4) is 0 Å². The molecule has 4 nitrogen and oxygen atoms in total. The largest absolute Gasteiger partial charge is 0.481 e. The molecule has 0 spiro atoms. The van der Waals surface area contributed by atoms with Gasteiger partial charge < -0.3 is 5.11 Å². The van der Waals surface area contributed by atoms with Gasteiger partial charge in [-0.3, -0.25) is 14.6 Å². The summed E-state index contributed by atoms with van der Waals surface area (Å²) in [4.78, 5) is 27.1. The van der Waals surface area contributed by atoms with Crippen LogP contribution in [0.5, 0.6) is 0 Å². The summed E-state index contributed by atoms with van der Waals surface area (Å²) in [6.07, 6.45) is 1.38. The number of nitrogens with zero attached hydrogens (tertiary/aromatic N) is 1. The number of fused-ring (bicyclic) bond motifs is 1. The molecule has 2 rings (SSSR count). The van der Waals surface area contributed by atoms with Crippen molar-refractivity contribution in [2.45, 2.75) is 13.3 Å². The van der Waals surface area contributed by atoms with Crippen LogP contribution in [0.4, 0.5) is 0 Å². The van der Waals surface area contributed by atoms with Crippen molar-refractivity contribution in [1.82, 2.24) is 4.98 Å². The first-order chi connectivity index (χ1) is 9.00. The maximum absolute atomic E-state index is 12.3. The Morgan fingerprint density at radius 1 is 1.37 bits per heavy atom. The zero-order valence-corrected chi connectivity index (χ0v) is 11.0. The van der Waals surface area contributed by atoms with E-state index in [1.54, 1.807) is 37.4 Å². The van der Waals surface area contributed by atoms with Crippen LogP contribution in [0.1, 0.15) is 23.7 Å². The number of carbonyl (C=O) groups is 2. The molecule has 0 aliphatic rings. The molecule has 98 valence electrons. The van der Waals surface area contributed by atoms with Gasteiger partial charge >= 0.3 is 5.97 Å². The minimum atomic E-state index is -0.993. The Morgan fingerprint density at radius 3 is 2.79 bits per heavy atom. The first kappa shape index (κ1) is 13.5. The fourth-order valence-corrected chi connectivity index (χ4v) is 2.17. The number of Topliss-reactive ketones (excluding diaryl/α,β-unsaturated/α-hetero) is 1. The lowest BCUT2D eigenvalue weighted by molar-refractivity contribution is -0.137. The molecule has 19 heavy (non-hydrogen) atoms. The molecule has 1 unspecified atom stereocenters. The standard InChI is InChI=1S/C14H12ClNO3/c1-8(7-12(17)18)14(19)10-4-5-11(15)9-3-2-6-16-13(9)10/h2-6,8H,7H2,1H3,(H,17,18). The molecule has 0 radical (unpaired) electrons. The van der Waals surface area contributed by atoms with Crippen molar-refractivity contribution in [2.75, 3.05) is 0 Å². The van der Waals surface area contributed by atoms with E-state index < -0.39 is 11.9 Å². The van der Waals surface area contributed by atoms with Crippen LogP contribution >= 0.6 is 11.6 Å². The smallest absolute Gasteiger partial charge is 0.304 e. The second kappa shape index (κ2) is 5.36. The maximum Gasteiger partial charge on any atom is 0.304 e. The second-order valence-electron chi connectivity index (χ2n) is 4.36. The number of hydrogen-bond donors (Lipinski definition) is 1. The lowest BCUT2D eigenvalue weighted by atomic mass is 9.94. The highest BCUT2D eigenvalue weighted by Gasteiger charge is 2.21. The number of carboxylic acids is 1. The second-order valence-corrected chi connectivity index (χ2v) is 4.76. The van der Waals surface area contributed by atoms with Crippen molar-refractivity contribution in [1.29, 1.82) is 0 Å². The third kappa shape index (κ3) is 2.74. The lowest BCUT2D eigenvalue weighted by Crippen LogP contribution is -2.16. The van der Waals surface area contributed by atoms with Crippen LogP contribution < -0.4 is 0 Å². The highest BCUT2D eigenvalue weighted by molar-refractivity contribution is 6.36. The molecule has 0 saturated heterocycles. The first-order valence-corrected chi connectivity index (χ1v) is 6.17. The lowest BCUT2D eigenvalue weighted by Gasteiger charge is -2.10. The summed E-state index contributed by atoms with van der Waals surface area (Å²) in [5.74, 6) is -1.82. The number of ketones is 1. The van der Waals surface area contributed by atoms with Crippen LogP contribution in [0.15, 0.2) is 30.5 Å². The number of hydrogen-bond acceptors (Lipinski definition) is 3. The summed E-state index contributed by atoms with van der Waals surface area (Å²) in [5, 5.41) is 9.96. The zero-order valence-electron chi connectivity index (χ0n) is 10.3. The highest BCUT2D eigenvalue weighted by Crippen LogP contribution is 2.26. The number of carbonyl (C=O) groups excluding carboxylic acids is 1. The average Bonchev–Trinajstić information content (AvgIpc) is 2.38. The van der Waals surface area contributed by atoms with Gasteiger partial charge in [0.2, 0.25) is 0 Å². The third-order valence-electron chi connectivity index (χ3n) is 2.91. The molecule has 0 bridgehead atoms. The predicted molar refractivity (Wildman–Crippen MR) is 72.5 cm³/mol. The van der Waals surface area contributed by atoms with Gasteiger partial charge in [-0.1, -0.05) is 18.5 Å². The van der Waals surface area contributed by atoms with E-state index in [9.17, 15) is 9.59 Å². The van der Waals surface area contributed by atoms with E-state index in [2.05, 4.69) is 4.98 Å². The van der Waals surface area contributed by atoms with E-state index in [0.717, 1.165) is 0 Å². The minimum Gasteiger partial charge on any atom is -0.481 e. The van der Waals surface area contributed by atoms with E-state index in [0.29, 0.717) is 21.5 Å². The van der Waals surface area contributed by atoms with Crippen molar-refractivity contribution in [2.24, 2.45) is 5.92 Å². The highest BCUT2D eigenvalue weighted by atomic mass is 35.5. The van der Waals surface area contributed by atoms with Crippen molar-refractivity contribution in [3.63, 3.8) is 0 Å². The van der Waals surface area contributed by atoms with Gasteiger partial charge in [0.25, 0.3) is 0 Å². The van der Waals surface area contributed by atoms with E-state index in [1.165, 1.54) is 0 Å². The van der Waals surface area contributed by atoms with E-state index in [-0.39, 0.29) is 12.2 Å². The average molecular weight is 278 g/mol. The van der Waals surface area contributed by atoms with Crippen LogP contribution in [-0.2, 0) is 4.79 Å². The monoisotopic (exact) mass is 277 g/mol. The SMILES string of the molecule is CC(CC(=O)O)C(=O)c1ccc(Cl)c2cccnc12. The Hall–Kier alpha value is -1.94. The fourth-order valence-electron chi connectivity index (χ4n) is 1.96. The van der Waals surface area contributed by atoms with Gasteiger partial charge in [0.05, 0.1) is 17.0 Å². The zero-order chi connectivity index (χ0) is 14.0. The summed E-state index contributed by atoms with van der Waals surface area (Å²) in [6, 6.07) is 6.75. The molecule has 1 heterocycles. The van der Waals surface area contributed by atoms with Crippen LogP contribution in [0.2, 0.25) is 5.02 Å². The van der Waals surface area contributed by atoms with Crippen LogP contribution in [0.3, 0.4) is 0 Å². The molecule has 0 aliphatic heterocycles. The molecule has 0 saturated carbocycles. The maximum atomic E-state index is 12.3. The Balaban J connectivity index is 2.48. The third-order valence-corrected chi connectivity index (χ3v) is 3.24. The Morgan fingerprint density at radius 2 is 2.11 bits per heavy atom. The molecule has 1 aromatic heterocycles. The number of pyridine rings is 1. The summed E-state index contributed by atoms with van der Waals surface area (Å²) in [5.41, 5.74) is 0.922. The van der Waals surface area contributed by atoms with Gasteiger partial charge in [-0.05, 0) is 24.3 Å². The predicted octanol–water partition coefficient (Wildman–Crippen LogP) is 3.18. The van der Waals surface area contributed by atoms with Gasteiger partial charge in [-0.15, -0.1) is 0 Å². The quantitative estimate of drug-likeness (QED) is 0.872. The van der Waals surface area contributed by atoms with Crippen LogP contribution in [0.25, 0.3) is 10.9 Å². The first-order valence-electron chi connectivity index (χ1n) is 5.80. The van der Waals surface area contributed by atoms with Crippen molar-refractivity contribution < 1.29 is 14.7 Å². The Kier molecular flexibility index (Phi) is 3.81. The van der Waals surface area contributed by atoms with Gasteiger partial charge in [0.15, 0.2) is 5.78 Å².